The van der Waals surface area contributed by atoms with E-state index in [0.717, 1.165) is 18.4 Å². The van der Waals surface area contributed by atoms with Gasteiger partial charge >= 0.3 is 11.9 Å². The zero-order valence-corrected chi connectivity index (χ0v) is 12.8. The highest BCUT2D eigenvalue weighted by molar-refractivity contribution is 5.95. The predicted molar refractivity (Wildman–Crippen MR) is 76.2 cm³/mol. The summed E-state index contributed by atoms with van der Waals surface area (Å²) >= 11 is 0. The van der Waals surface area contributed by atoms with Crippen molar-refractivity contribution in [3.8, 4) is 0 Å². The molecule has 0 spiro atoms. The number of rotatable bonds is 3. The lowest BCUT2D eigenvalue weighted by Gasteiger charge is -2.39. The molecule has 0 aromatic heterocycles. The quantitative estimate of drug-likeness (QED) is 0.801. The Morgan fingerprint density at radius 3 is 2.95 bits per heavy atom. The highest BCUT2D eigenvalue weighted by Crippen LogP contribution is 2.71. The number of hydrogen-bond donors (Lipinski definition) is 1. The van der Waals surface area contributed by atoms with E-state index in [1.807, 2.05) is 0 Å². The molecule has 1 aliphatic heterocycles. The number of hydrogen-bond acceptors (Lipinski definition) is 5. The molecule has 0 amide bonds. The molecule has 2 saturated carbocycles. The Morgan fingerprint density at radius 1 is 1.50 bits per heavy atom. The maximum Gasteiger partial charge on any atom is 0.342 e. The molecule has 2 fully saturated rings. The van der Waals surface area contributed by atoms with Gasteiger partial charge in [-0.15, -0.1) is 0 Å². The summed E-state index contributed by atoms with van der Waals surface area (Å²) in [7, 11) is 0. The molecule has 22 heavy (non-hydrogen) atoms. The van der Waals surface area contributed by atoms with E-state index in [-0.39, 0.29) is 18.0 Å². The van der Waals surface area contributed by atoms with Crippen LogP contribution >= 0.6 is 0 Å². The zero-order chi connectivity index (χ0) is 15.6. The van der Waals surface area contributed by atoms with Crippen molar-refractivity contribution < 1.29 is 24.2 Å². The van der Waals surface area contributed by atoms with Crippen molar-refractivity contribution in [1.82, 2.24) is 0 Å². The normalized spacial score (nSPS) is 41.4. The smallest absolute Gasteiger partial charge is 0.342 e. The summed E-state index contributed by atoms with van der Waals surface area (Å²) in [4.78, 5) is 23.0. The second kappa shape index (κ2) is 4.44. The summed E-state index contributed by atoms with van der Waals surface area (Å²) in [5.74, 6) is 1.84. The van der Waals surface area contributed by atoms with Crippen LogP contribution in [0.4, 0.5) is 0 Å². The number of esters is 2. The van der Waals surface area contributed by atoms with Crippen LogP contribution in [0.2, 0.25) is 0 Å². The molecule has 5 nitrogen and oxygen atoms in total. The van der Waals surface area contributed by atoms with Crippen LogP contribution in [0.25, 0.3) is 0 Å². The summed E-state index contributed by atoms with van der Waals surface area (Å²) in [6.07, 6.45) is 3.97. The van der Waals surface area contributed by atoms with E-state index in [4.69, 9.17) is 9.47 Å². The Hall–Kier alpha value is -1.62. The lowest BCUT2D eigenvalue weighted by atomic mass is 9.66. The predicted octanol–water partition coefficient (Wildman–Crippen LogP) is 1.57. The summed E-state index contributed by atoms with van der Waals surface area (Å²) in [5, 5.41) is 9.43. The zero-order valence-electron chi connectivity index (χ0n) is 12.8. The molecule has 5 atom stereocenters. The minimum absolute atomic E-state index is 0.000495. The fourth-order valence-corrected chi connectivity index (χ4v) is 4.97. The largest absolute Gasteiger partial charge is 0.466 e. The molecule has 3 unspecified atom stereocenters. The first-order valence-corrected chi connectivity index (χ1v) is 7.87. The van der Waals surface area contributed by atoms with Crippen LogP contribution < -0.4 is 0 Å². The summed E-state index contributed by atoms with van der Waals surface area (Å²) in [5.41, 5.74) is 1.24. The number of carbonyl (C=O) groups excluding carboxylic acids is 2. The number of fused-ring (bicyclic) bond motifs is 4. The third kappa shape index (κ3) is 1.75. The molecule has 0 aromatic rings. The SMILES string of the molecule is CC(=O)OCC1C2CC2[C@]2(C)C=C3OC(=O)C(CO)=C3C[C@@H]12. The molecular weight excluding hydrogens is 284 g/mol. The first-order chi connectivity index (χ1) is 10.5. The van der Waals surface area contributed by atoms with Crippen molar-refractivity contribution in [3.63, 3.8) is 0 Å². The minimum atomic E-state index is -0.420. The first-order valence-electron chi connectivity index (χ1n) is 7.87. The number of aliphatic hydroxyl groups is 1. The maximum absolute atomic E-state index is 11.8. The van der Waals surface area contributed by atoms with E-state index < -0.39 is 5.97 Å². The van der Waals surface area contributed by atoms with Crippen LogP contribution in [0.3, 0.4) is 0 Å². The molecule has 4 aliphatic rings. The van der Waals surface area contributed by atoms with Crippen LogP contribution in [0.15, 0.2) is 23.0 Å². The van der Waals surface area contributed by atoms with Gasteiger partial charge in [0.2, 0.25) is 0 Å². The molecule has 0 aromatic carbocycles. The van der Waals surface area contributed by atoms with Crippen molar-refractivity contribution in [2.45, 2.75) is 26.7 Å². The summed E-state index contributed by atoms with van der Waals surface area (Å²) < 4.78 is 10.6. The third-order valence-corrected chi connectivity index (χ3v) is 6.12. The molecular formula is C17H20O5. The Kier molecular flexibility index (Phi) is 2.83. The molecule has 5 heteroatoms. The Morgan fingerprint density at radius 2 is 2.27 bits per heavy atom. The van der Waals surface area contributed by atoms with Gasteiger partial charge in [-0.3, -0.25) is 4.79 Å². The van der Waals surface area contributed by atoms with Gasteiger partial charge in [0.15, 0.2) is 0 Å². The average molecular weight is 304 g/mol. The van der Waals surface area contributed by atoms with Gasteiger partial charge in [-0.2, -0.15) is 0 Å². The number of carbonyl (C=O) groups is 2. The van der Waals surface area contributed by atoms with Crippen LogP contribution in [0, 0.1) is 29.1 Å². The highest BCUT2D eigenvalue weighted by atomic mass is 16.5. The van der Waals surface area contributed by atoms with Gasteiger partial charge in [-0.1, -0.05) is 6.92 Å². The molecule has 0 bridgehead atoms. The Labute approximate surface area is 129 Å². The van der Waals surface area contributed by atoms with Crippen molar-refractivity contribution in [1.29, 1.82) is 0 Å². The van der Waals surface area contributed by atoms with Gasteiger partial charge in [0.1, 0.15) is 5.76 Å². The maximum atomic E-state index is 11.8. The Bertz CT molecular complexity index is 631. The van der Waals surface area contributed by atoms with E-state index in [2.05, 4.69) is 13.0 Å². The van der Waals surface area contributed by atoms with E-state index in [1.54, 1.807) is 0 Å². The van der Waals surface area contributed by atoms with E-state index in [0.29, 0.717) is 41.6 Å². The Balaban J connectivity index is 1.68. The van der Waals surface area contributed by atoms with Crippen molar-refractivity contribution >= 4 is 11.9 Å². The van der Waals surface area contributed by atoms with Crippen LogP contribution in [0.5, 0.6) is 0 Å². The molecule has 118 valence electrons. The second-order valence-electron chi connectivity index (χ2n) is 7.16. The van der Waals surface area contributed by atoms with Crippen LogP contribution in [-0.4, -0.2) is 30.3 Å². The van der Waals surface area contributed by atoms with Crippen LogP contribution in [-0.2, 0) is 19.1 Å². The molecule has 4 rings (SSSR count). The highest BCUT2D eigenvalue weighted by Gasteiger charge is 2.66. The fraction of sp³-hybridized carbons (Fsp3) is 0.647. The fourth-order valence-electron chi connectivity index (χ4n) is 4.97. The average Bonchev–Trinajstić information content (AvgIpc) is 3.13. The van der Waals surface area contributed by atoms with E-state index in [9.17, 15) is 14.7 Å². The van der Waals surface area contributed by atoms with E-state index in [1.165, 1.54) is 6.92 Å². The van der Waals surface area contributed by atoms with Crippen molar-refractivity contribution in [3.05, 3.63) is 23.0 Å². The van der Waals surface area contributed by atoms with Gasteiger partial charge in [-0.05, 0) is 42.1 Å². The van der Waals surface area contributed by atoms with Crippen molar-refractivity contribution in [2.24, 2.45) is 29.1 Å². The van der Waals surface area contributed by atoms with Crippen LogP contribution in [0.1, 0.15) is 26.7 Å². The topological polar surface area (TPSA) is 72.8 Å². The number of aliphatic hydroxyl groups excluding tert-OH is 1. The monoisotopic (exact) mass is 304 g/mol. The second-order valence-corrected chi connectivity index (χ2v) is 7.16. The van der Waals surface area contributed by atoms with Gasteiger partial charge in [0, 0.05) is 18.4 Å². The van der Waals surface area contributed by atoms with Gasteiger partial charge in [0.25, 0.3) is 0 Å². The van der Waals surface area contributed by atoms with Gasteiger partial charge < -0.3 is 14.6 Å². The summed E-state index contributed by atoms with van der Waals surface area (Å²) in [6, 6.07) is 0. The molecule has 3 aliphatic carbocycles. The van der Waals surface area contributed by atoms with E-state index >= 15 is 0 Å². The molecule has 0 saturated heterocycles. The first kappa shape index (κ1) is 14.0. The van der Waals surface area contributed by atoms with Gasteiger partial charge in [-0.25, -0.2) is 4.79 Å². The lowest BCUT2D eigenvalue weighted by Crippen LogP contribution is -2.34. The molecule has 1 N–H and O–H groups in total. The lowest BCUT2D eigenvalue weighted by molar-refractivity contribution is -0.143. The van der Waals surface area contributed by atoms with Gasteiger partial charge in [0.05, 0.1) is 18.8 Å². The summed E-state index contributed by atoms with van der Waals surface area (Å²) in [6.45, 7) is 3.84. The molecule has 0 radical (unpaired) electrons. The third-order valence-electron chi connectivity index (χ3n) is 6.12. The molecule has 1 heterocycles. The van der Waals surface area contributed by atoms with Crippen molar-refractivity contribution in [2.75, 3.05) is 13.2 Å². The number of allylic oxidation sites excluding steroid dienone is 2. The number of ether oxygens (including phenoxy) is 2. The standard InChI is InChI=1S/C17H20O5/c1-8(19)21-7-12-9-3-13(9)17(2)5-15-10(4-14(12)17)11(6-18)16(20)22-15/h5,9,12-14,18H,3-4,6-7H2,1-2H3/t9?,12?,13?,14-,17-/m0/s1. The minimum Gasteiger partial charge on any atom is -0.466 e.